The van der Waals surface area contributed by atoms with Crippen LogP contribution in [0.1, 0.15) is 13.8 Å². The molecular formula is C8H16BrNOS. The lowest BCUT2D eigenvalue weighted by Gasteiger charge is -2.24. The van der Waals surface area contributed by atoms with Crippen LogP contribution in [0.4, 0.5) is 0 Å². The fraction of sp³-hybridized carbons (Fsp3) is 0.875. The summed E-state index contributed by atoms with van der Waals surface area (Å²) in [6.45, 7) is 4.55. The van der Waals surface area contributed by atoms with Gasteiger partial charge in [-0.3, -0.25) is 4.79 Å². The maximum Gasteiger partial charge on any atom is 0.238 e. The standard InChI is InChI=1S/C8H16BrNOS/c1-8(2,9)7(11)10(3)5-6-12-4/h5-6H2,1-4H3. The SMILES string of the molecule is CSCCN(C)C(=O)C(C)(C)Br. The van der Waals surface area contributed by atoms with Crippen molar-refractivity contribution < 1.29 is 4.79 Å². The molecular weight excluding hydrogens is 238 g/mol. The van der Waals surface area contributed by atoms with Crippen molar-refractivity contribution in [3.63, 3.8) is 0 Å². The van der Waals surface area contributed by atoms with Crippen molar-refractivity contribution in [3.8, 4) is 0 Å². The molecule has 0 unspecified atom stereocenters. The number of hydrogen-bond donors (Lipinski definition) is 0. The predicted octanol–water partition coefficient (Wildman–Crippen LogP) is 1.98. The van der Waals surface area contributed by atoms with E-state index < -0.39 is 4.32 Å². The van der Waals surface area contributed by atoms with E-state index in [2.05, 4.69) is 15.9 Å². The minimum atomic E-state index is -0.430. The zero-order chi connectivity index (χ0) is 9.78. The van der Waals surface area contributed by atoms with E-state index in [1.54, 1.807) is 16.7 Å². The average molecular weight is 254 g/mol. The summed E-state index contributed by atoms with van der Waals surface area (Å²) in [5.41, 5.74) is 0. The van der Waals surface area contributed by atoms with Gasteiger partial charge in [0.25, 0.3) is 0 Å². The van der Waals surface area contributed by atoms with Crippen LogP contribution in [0, 0.1) is 0 Å². The Morgan fingerprint density at radius 2 is 2.08 bits per heavy atom. The fourth-order valence-electron chi connectivity index (χ4n) is 0.784. The molecule has 0 saturated carbocycles. The van der Waals surface area contributed by atoms with Gasteiger partial charge in [-0.05, 0) is 20.1 Å². The van der Waals surface area contributed by atoms with Crippen LogP contribution in [0.5, 0.6) is 0 Å². The summed E-state index contributed by atoms with van der Waals surface area (Å²) in [7, 11) is 1.83. The summed E-state index contributed by atoms with van der Waals surface area (Å²) in [6, 6.07) is 0. The van der Waals surface area contributed by atoms with E-state index in [4.69, 9.17) is 0 Å². The second-order valence-electron chi connectivity index (χ2n) is 3.19. The monoisotopic (exact) mass is 253 g/mol. The highest BCUT2D eigenvalue weighted by Gasteiger charge is 2.26. The summed E-state index contributed by atoms with van der Waals surface area (Å²) in [4.78, 5) is 13.3. The van der Waals surface area contributed by atoms with Crippen molar-refractivity contribution in [2.75, 3.05) is 25.6 Å². The number of hydrogen-bond acceptors (Lipinski definition) is 2. The summed E-state index contributed by atoms with van der Waals surface area (Å²) in [6.07, 6.45) is 2.04. The molecule has 0 aromatic rings. The third-order valence-corrected chi connectivity index (χ3v) is 2.42. The second-order valence-corrected chi connectivity index (χ2v) is 6.16. The van der Waals surface area contributed by atoms with Crippen LogP contribution in [-0.2, 0) is 4.79 Å². The Labute approximate surface area is 87.2 Å². The van der Waals surface area contributed by atoms with Crippen molar-refractivity contribution in [1.29, 1.82) is 0 Å². The lowest BCUT2D eigenvalue weighted by Crippen LogP contribution is -2.40. The molecule has 0 fully saturated rings. The zero-order valence-electron chi connectivity index (χ0n) is 8.06. The quantitative estimate of drug-likeness (QED) is 0.715. The van der Waals surface area contributed by atoms with Crippen molar-refractivity contribution >= 4 is 33.6 Å². The number of alkyl halides is 1. The first-order valence-corrected chi connectivity index (χ1v) is 6.01. The van der Waals surface area contributed by atoms with Gasteiger partial charge in [0, 0.05) is 19.3 Å². The number of nitrogens with zero attached hydrogens (tertiary/aromatic N) is 1. The van der Waals surface area contributed by atoms with E-state index in [-0.39, 0.29) is 5.91 Å². The summed E-state index contributed by atoms with van der Waals surface area (Å²) >= 11 is 5.09. The Balaban J connectivity index is 3.94. The van der Waals surface area contributed by atoms with Crippen LogP contribution in [-0.4, -0.2) is 40.7 Å². The Bertz CT molecular complexity index is 156. The lowest BCUT2D eigenvalue weighted by molar-refractivity contribution is -0.131. The van der Waals surface area contributed by atoms with Crippen molar-refractivity contribution in [2.24, 2.45) is 0 Å². The predicted molar refractivity (Wildman–Crippen MR) is 59.0 cm³/mol. The van der Waals surface area contributed by atoms with Crippen LogP contribution < -0.4 is 0 Å². The van der Waals surface area contributed by atoms with Gasteiger partial charge in [-0.25, -0.2) is 0 Å². The molecule has 0 bridgehead atoms. The number of carbonyl (C=O) groups is 1. The van der Waals surface area contributed by atoms with Crippen LogP contribution in [0.2, 0.25) is 0 Å². The lowest BCUT2D eigenvalue weighted by atomic mass is 10.2. The van der Waals surface area contributed by atoms with E-state index in [0.29, 0.717) is 0 Å². The molecule has 4 heteroatoms. The van der Waals surface area contributed by atoms with Gasteiger partial charge in [-0.15, -0.1) is 0 Å². The summed E-state index contributed by atoms with van der Waals surface area (Å²) < 4.78 is -0.430. The van der Waals surface area contributed by atoms with E-state index in [0.717, 1.165) is 12.3 Å². The smallest absolute Gasteiger partial charge is 0.238 e. The first kappa shape index (κ1) is 12.3. The van der Waals surface area contributed by atoms with Crippen LogP contribution in [0.25, 0.3) is 0 Å². The van der Waals surface area contributed by atoms with Gasteiger partial charge in [0.15, 0.2) is 0 Å². The molecule has 0 heterocycles. The summed E-state index contributed by atoms with van der Waals surface area (Å²) in [5, 5.41) is 0. The fourth-order valence-corrected chi connectivity index (χ4v) is 1.54. The van der Waals surface area contributed by atoms with Gasteiger partial charge < -0.3 is 4.90 Å². The van der Waals surface area contributed by atoms with E-state index in [1.807, 2.05) is 27.2 Å². The molecule has 0 aliphatic heterocycles. The number of thioether (sulfide) groups is 1. The number of amides is 1. The third-order valence-electron chi connectivity index (χ3n) is 1.49. The van der Waals surface area contributed by atoms with Crippen molar-refractivity contribution in [1.82, 2.24) is 4.90 Å². The highest BCUT2D eigenvalue weighted by molar-refractivity contribution is 9.10. The van der Waals surface area contributed by atoms with Crippen molar-refractivity contribution in [2.45, 2.75) is 18.2 Å². The largest absolute Gasteiger partial charge is 0.344 e. The minimum absolute atomic E-state index is 0.136. The molecule has 0 radical (unpaired) electrons. The van der Waals surface area contributed by atoms with Crippen LogP contribution in [0.15, 0.2) is 0 Å². The first-order chi connectivity index (χ1) is 5.39. The molecule has 0 aliphatic carbocycles. The van der Waals surface area contributed by atoms with E-state index >= 15 is 0 Å². The molecule has 0 aromatic carbocycles. The van der Waals surface area contributed by atoms with Crippen molar-refractivity contribution in [3.05, 3.63) is 0 Å². The number of rotatable bonds is 4. The van der Waals surface area contributed by atoms with Gasteiger partial charge in [-0.1, -0.05) is 15.9 Å². The minimum Gasteiger partial charge on any atom is -0.344 e. The normalized spacial score (nSPS) is 11.4. The molecule has 0 saturated heterocycles. The van der Waals surface area contributed by atoms with Gasteiger partial charge in [-0.2, -0.15) is 11.8 Å². The topological polar surface area (TPSA) is 20.3 Å². The Hall–Kier alpha value is 0.300. The van der Waals surface area contributed by atoms with Gasteiger partial charge in [0.05, 0.1) is 4.32 Å². The highest BCUT2D eigenvalue weighted by atomic mass is 79.9. The van der Waals surface area contributed by atoms with Gasteiger partial charge >= 0.3 is 0 Å². The van der Waals surface area contributed by atoms with E-state index in [9.17, 15) is 4.79 Å². The van der Waals surface area contributed by atoms with E-state index in [1.165, 1.54) is 0 Å². The Kier molecular flexibility index (Phi) is 5.25. The number of carbonyl (C=O) groups excluding carboxylic acids is 1. The molecule has 1 amide bonds. The zero-order valence-corrected chi connectivity index (χ0v) is 10.5. The van der Waals surface area contributed by atoms with Crippen LogP contribution >= 0.6 is 27.7 Å². The molecule has 0 N–H and O–H groups in total. The second kappa shape index (κ2) is 5.12. The third kappa shape index (κ3) is 4.36. The molecule has 0 spiro atoms. The molecule has 0 atom stereocenters. The van der Waals surface area contributed by atoms with Gasteiger partial charge in [0.2, 0.25) is 5.91 Å². The first-order valence-electron chi connectivity index (χ1n) is 3.83. The summed E-state index contributed by atoms with van der Waals surface area (Å²) in [5.74, 6) is 1.13. The average Bonchev–Trinajstić information content (AvgIpc) is 1.97. The molecule has 72 valence electrons. The maximum absolute atomic E-state index is 11.5. The van der Waals surface area contributed by atoms with Crippen LogP contribution in [0.3, 0.4) is 0 Å². The van der Waals surface area contributed by atoms with Gasteiger partial charge in [0.1, 0.15) is 0 Å². The molecule has 12 heavy (non-hydrogen) atoms. The Morgan fingerprint density at radius 3 is 2.42 bits per heavy atom. The molecule has 2 nitrogen and oxygen atoms in total. The molecule has 0 rings (SSSR count). The maximum atomic E-state index is 11.5. The number of halogens is 1. The molecule has 0 aliphatic rings. The molecule has 0 aromatic heterocycles. The Morgan fingerprint density at radius 1 is 1.58 bits per heavy atom. The highest BCUT2D eigenvalue weighted by Crippen LogP contribution is 2.18.